The molecule has 0 N–H and O–H groups in total. The predicted octanol–water partition coefficient (Wildman–Crippen LogP) is 6.55. The van der Waals surface area contributed by atoms with E-state index in [0.29, 0.717) is 0 Å². The molecule has 0 aliphatic rings. The van der Waals surface area contributed by atoms with Crippen molar-refractivity contribution >= 4 is 61.0 Å². The molecule has 6 aromatic carbocycles. The van der Waals surface area contributed by atoms with Gasteiger partial charge in [0, 0.05) is 31.9 Å². The number of hydrogen-bond acceptors (Lipinski definition) is 2. The van der Waals surface area contributed by atoms with E-state index in [0.717, 1.165) is 11.4 Å². The van der Waals surface area contributed by atoms with Crippen LogP contribution in [0, 0.1) is 0 Å². The van der Waals surface area contributed by atoms with Crippen molar-refractivity contribution < 1.29 is 19.5 Å². The molecule has 2 aromatic heterocycles. The summed E-state index contributed by atoms with van der Waals surface area (Å²) in [7, 11) is 0. The third-order valence-electron chi connectivity index (χ3n) is 7.97. The van der Waals surface area contributed by atoms with Crippen molar-refractivity contribution in [2.75, 3.05) is 0 Å². The van der Waals surface area contributed by atoms with Crippen LogP contribution in [-0.4, -0.2) is 49.5 Å². The molecule has 0 saturated heterocycles. The van der Waals surface area contributed by atoms with E-state index in [1.165, 1.54) is 21.5 Å². The Morgan fingerprint density at radius 3 is 0.608 bits per heavy atom. The molecular formula is C46H38N2Sn2Zn. The molecule has 242 valence electrons. The Morgan fingerprint density at radius 2 is 0.431 bits per heavy atom. The molecule has 8 rings (SSSR count). The molecule has 2 nitrogen and oxygen atoms in total. The summed E-state index contributed by atoms with van der Waals surface area (Å²) in [6, 6.07) is 77.5. The van der Waals surface area contributed by atoms with Crippen LogP contribution in [0.3, 0.4) is 0 Å². The maximum atomic E-state index is 4.19. The summed E-state index contributed by atoms with van der Waals surface area (Å²) < 4.78 is 9.18. The zero-order valence-electron chi connectivity index (χ0n) is 28.5. The molecule has 0 bridgehead atoms. The van der Waals surface area contributed by atoms with Gasteiger partial charge in [-0.05, 0) is 24.3 Å². The topological polar surface area (TPSA) is 25.8 Å². The number of rotatable bonds is 7. The Balaban J connectivity index is 0.000000151. The van der Waals surface area contributed by atoms with Crippen molar-refractivity contribution in [1.29, 1.82) is 0 Å². The number of pyridine rings is 2. The Morgan fingerprint density at radius 1 is 0.235 bits per heavy atom. The molecule has 0 amide bonds. The third-order valence-corrected chi connectivity index (χ3v) is 23.6. The molecule has 0 unspecified atom stereocenters. The molecule has 0 saturated carbocycles. The number of benzene rings is 6. The molecule has 0 aliphatic heterocycles. The van der Waals surface area contributed by atoms with Gasteiger partial charge in [0.15, 0.2) is 0 Å². The zero-order valence-corrected chi connectivity index (χ0v) is 37.2. The normalized spacial score (nSPS) is 10.2. The maximum Gasteiger partial charge on any atom is 0.0886 e. The van der Waals surface area contributed by atoms with Gasteiger partial charge in [0.1, 0.15) is 0 Å². The Hall–Kier alpha value is -4.16. The molecule has 8 aromatic rings. The molecule has 51 heavy (non-hydrogen) atoms. The van der Waals surface area contributed by atoms with Gasteiger partial charge in [0.25, 0.3) is 0 Å². The first-order chi connectivity index (χ1) is 24.9. The first-order valence-electron chi connectivity index (χ1n) is 16.8. The van der Waals surface area contributed by atoms with Gasteiger partial charge >= 0.3 is 243 Å². The van der Waals surface area contributed by atoms with Crippen molar-refractivity contribution in [1.82, 2.24) is 9.97 Å². The van der Waals surface area contributed by atoms with E-state index in [2.05, 4.69) is 192 Å². The zero-order chi connectivity index (χ0) is 34.1. The largest absolute Gasteiger partial charge is 0.255 e. The van der Waals surface area contributed by atoms with Gasteiger partial charge in [-0.25, -0.2) is 0 Å². The van der Waals surface area contributed by atoms with E-state index in [9.17, 15) is 0 Å². The van der Waals surface area contributed by atoms with Gasteiger partial charge < -0.3 is 0 Å². The summed E-state index contributed by atoms with van der Waals surface area (Å²) in [6.07, 6.45) is 3.54. The smallest absolute Gasteiger partial charge is 0.0886 e. The van der Waals surface area contributed by atoms with Crippen LogP contribution in [-0.2, 0) is 19.5 Å². The average Bonchev–Trinajstić information content (AvgIpc) is 3.22. The van der Waals surface area contributed by atoms with Crippen LogP contribution in [0.5, 0.6) is 0 Å². The van der Waals surface area contributed by atoms with E-state index >= 15 is 0 Å². The van der Waals surface area contributed by atoms with Crippen LogP contribution in [0.15, 0.2) is 231 Å². The van der Waals surface area contributed by atoms with Crippen molar-refractivity contribution in [3.63, 3.8) is 0 Å². The van der Waals surface area contributed by atoms with Gasteiger partial charge in [-0.3, -0.25) is 9.97 Å². The molecule has 0 aliphatic carbocycles. The number of hydrogen-bond donors (Lipinski definition) is 0. The van der Waals surface area contributed by atoms with E-state index in [1.807, 2.05) is 36.4 Å². The van der Waals surface area contributed by atoms with Crippen LogP contribution < -0.4 is 21.5 Å². The summed E-state index contributed by atoms with van der Waals surface area (Å²) in [5, 5.41) is 0. The van der Waals surface area contributed by atoms with Crippen LogP contribution in [0.25, 0.3) is 11.4 Å². The summed E-state index contributed by atoms with van der Waals surface area (Å²) in [5.41, 5.74) is 1.83. The Kier molecular flexibility index (Phi) is 15.9. The fourth-order valence-corrected chi connectivity index (χ4v) is 20.4. The third kappa shape index (κ3) is 11.4. The molecule has 0 spiro atoms. The van der Waals surface area contributed by atoms with Gasteiger partial charge in [0.05, 0.1) is 11.4 Å². The summed E-state index contributed by atoms with van der Waals surface area (Å²) in [5.74, 6) is 0. The average molecular weight is 922 g/mol. The van der Waals surface area contributed by atoms with E-state index < -0.39 is 39.5 Å². The minimum absolute atomic E-state index is 0. The van der Waals surface area contributed by atoms with Gasteiger partial charge in [-0.2, -0.15) is 0 Å². The Labute approximate surface area is 329 Å². The second kappa shape index (κ2) is 21.3. The van der Waals surface area contributed by atoms with E-state index in [4.69, 9.17) is 0 Å². The van der Waals surface area contributed by atoms with Crippen LogP contribution >= 0.6 is 0 Å². The first kappa shape index (κ1) is 38.1. The molecule has 2 radical (unpaired) electrons. The summed E-state index contributed by atoms with van der Waals surface area (Å²) in [6.45, 7) is 0. The number of nitrogens with zero attached hydrogens (tertiary/aromatic N) is 2. The second-order valence-electron chi connectivity index (χ2n) is 11.4. The van der Waals surface area contributed by atoms with Crippen molar-refractivity contribution in [3.05, 3.63) is 231 Å². The van der Waals surface area contributed by atoms with Gasteiger partial charge in [-0.1, -0.05) is 12.1 Å². The van der Waals surface area contributed by atoms with Crippen LogP contribution in [0.4, 0.5) is 0 Å². The van der Waals surface area contributed by atoms with Gasteiger partial charge in [-0.15, -0.1) is 0 Å². The number of aromatic nitrogens is 2. The maximum absolute atomic E-state index is 4.19. The molecule has 0 fully saturated rings. The monoisotopic (exact) mass is 922 g/mol. The summed E-state index contributed by atoms with van der Waals surface area (Å²) >= 11 is -3.96. The minimum atomic E-state index is -1.98. The molecular weight excluding hydrogens is 883 g/mol. The van der Waals surface area contributed by atoms with Gasteiger partial charge in [0.2, 0.25) is 0 Å². The van der Waals surface area contributed by atoms with Crippen molar-refractivity contribution in [3.8, 4) is 11.4 Å². The fraction of sp³-hybridized carbons (Fsp3) is 0. The molecule has 2 heterocycles. The second-order valence-corrected chi connectivity index (χ2v) is 25.5. The van der Waals surface area contributed by atoms with E-state index in [-0.39, 0.29) is 19.5 Å². The predicted molar refractivity (Wildman–Crippen MR) is 215 cm³/mol. The molecule has 0 atom stereocenters. The Bertz CT molecular complexity index is 1730. The quantitative estimate of drug-likeness (QED) is 0.170. The van der Waals surface area contributed by atoms with Crippen molar-refractivity contribution in [2.24, 2.45) is 0 Å². The fourth-order valence-electron chi connectivity index (χ4n) is 5.66. The summed E-state index contributed by atoms with van der Waals surface area (Å²) in [4.78, 5) is 8.37. The first-order valence-corrected chi connectivity index (χ1v) is 25.3. The van der Waals surface area contributed by atoms with Crippen LogP contribution in [0.2, 0.25) is 0 Å². The SMILES string of the molecule is [Zn].c1cc[c]([Sn]([c]2ccccc2)[c]2ccccc2)cc1.c1cc[c]([Sn]([c]2ccccc2)[c]2ccccc2)cc1.c1ccc(-c2ccccn2)nc1. The van der Waals surface area contributed by atoms with Crippen molar-refractivity contribution in [2.45, 2.75) is 0 Å². The molecule has 5 heteroatoms. The van der Waals surface area contributed by atoms with E-state index in [1.54, 1.807) is 12.4 Å². The standard InChI is InChI=1S/C10H8N2.6C6H5.2Sn.Zn/c1-3-7-11-9(5-1)10-6-2-4-8-12-10;6*1-2-4-6-5-3-1;;;/h1-8H;6*1-5H;;;. The minimum Gasteiger partial charge on any atom is -0.255 e. The van der Waals surface area contributed by atoms with Crippen LogP contribution in [0.1, 0.15) is 0 Å².